The summed E-state index contributed by atoms with van der Waals surface area (Å²) in [4.78, 5) is 21.6. The fourth-order valence-electron chi connectivity index (χ4n) is 3.97. The van der Waals surface area contributed by atoms with Gasteiger partial charge in [-0.25, -0.2) is 5.10 Å². The van der Waals surface area contributed by atoms with Gasteiger partial charge in [-0.15, -0.1) is 0 Å². The van der Waals surface area contributed by atoms with Gasteiger partial charge in [0.25, 0.3) is 5.91 Å². The lowest BCUT2D eigenvalue weighted by Crippen LogP contribution is -2.43. The van der Waals surface area contributed by atoms with Crippen LogP contribution in [0.2, 0.25) is 0 Å². The number of rotatable bonds is 4. The average Bonchev–Trinajstić information content (AvgIpc) is 3.28. The van der Waals surface area contributed by atoms with Gasteiger partial charge in [0.1, 0.15) is 0 Å². The van der Waals surface area contributed by atoms with Crippen LogP contribution < -0.4 is 4.90 Å². The van der Waals surface area contributed by atoms with Crippen LogP contribution in [-0.2, 0) is 4.79 Å². The van der Waals surface area contributed by atoms with Gasteiger partial charge in [-0.2, -0.15) is 14.9 Å². The largest absolute Gasteiger partial charge is 0.293 e. The number of amides is 1. The molecule has 5 rings (SSSR count). The van der Waals surface area contributed by atoms with Crippen LogP contribution in [0, 0.1) is 4.77 Å². The summed E-state index contributed by atoms with van der Waals surface area (Å²) in [6.07, 6.45) is 6.96. The highest BCUT2D eigenvalue weighted by atomic mass is 32.1. The first-order valence-corrected chi connectivity index (χ1v) is 10.4. The van der Waals surface area contributed by atoms with Crippen LogP contribution in [0.3, 0.4) is 0 Å². The van der Waals surface area contributed by atoms with E-state index in [1.54, 1.807) is 12.4 Å². The Kier molecular flexibility index (Phi) is 4.97. The number of nitrogens with zero attached hydrogens (tertiary/aromatic N) is 6. The van der Waals surface area contributed by atoms with Crippen molar-refractivity contribution >= 4 is 29.5 Å². The molecule has 0 radical (unpaired) electrons. The Morgan fingerprint density at radius 3 is 2.63 bits per heavy atom. The molecule has 1 N–H and O–H groups in total. The van der Waals surface area contributed by atoms with Crippen LogP contribution in [0.4, 0.5) is 5.69 Å². The van der Waals surface area contributed by atoms with E-state index in [9.17, 15) is 4.79 Å². The summed E-state index contributed by atoms with van der Waals surface area (Å²) in [5.41, 5.74) is 2.87. The molecule has 1 amide bonds. The molecule has 2 aliphatic rings. The highest BCUT2D eigenvalue weighted by molar-refractivity contribution is 7.71. The standard InChI is InChI=1S/C21H21N7OS/c29-20-18(25-28-19(23-24-21(28)30)15-8-10-22-11-9-15)16-6-2-3-7-17(16)27(20)14-26-12-4-1-5-13-26/h2-3,6-11H,1,4-5,12-14H2,(H,24,30)/b25-18+. The highest BCUT2D eigenvalue weighted by Crippen LogP contribution is 2.30. The van der Waals surface area contributed by atoms with Gasteiger partial charge in [-0.3, -0.25) is 19.6 Å². The first-order chi connectivity index (χ1) is 14.7. The SMILES string of the molecule is O=C1/C(=N/n2c(-c3ccncc3)n[nH]c2=S)c2ccccc2N1CN1CCCCC1. The highest BCUT2D eigenvalue weighted by Gasteiger charge is 2.35. The van der Waals surface area contributed by atoms with E-state index in [0.717, 1.165) is 29.9 Å². The number of carbonyl (C=O) groups is 1. The van der Waals surface area contributed by atoms with Crippen LogP contribution in [0.25, 0.3) is 11.4 Å². The second-order valence-corrected chi connectivity index (χ2v) is 7.81. The van der Waals surface area contributed by atoms with Crippen molar-refractivity contribution in [3.63, 3.8) is 0 Å². The van der Waals surface area contributed by atoms with Crippen molar-refractivity contribution in [2.75, 3.05) is 24.7 Å². The Morgan fingerprint density at radius 2 is 1.83 bits per heavy atom. The van der Waals surface area contributed by atoms with Crippen LogP contribution in [0.5, 0.6) is 0 Å². The van der Waals surface area contributed by atoms with E-state index in [-0.39, 0.29) is 5.91 Å². The van der Waals surface area contributed by atoms with Crippen molar-refractivity contribution in [3.8, 4) is 11.4 Å². The molecule has 4 heterocycles. The van der Waals surface area contributed by atoms with Gasteiger partial charge in [0.15, 0.2) is 11.5 Å². The molecule has 0 aliphatic carbocycles. The van der Waals surface area contributed by atoms with E-state index < -0.39 is 0 Å². The van der Waals surface area contributed by atoms with Crippen LogP contribution in [-0.4, -0.2) is 56.1 Å². The zero-order chi connectivity index (χ0) is 20.5. The Morgan fingerprint density at radius 1 is 1.07 bits per heavy atom. The van der Waals surface area contributed by atoms with E-state index in [4.69, 9.17) is 12.2 Å². The fourth-order valence-corrected chi connectivity index (χ4v) is 4.14. The number of likely N-dealkylation sites (tertiary alicyclic amines) is 1. The number of fused-ring (bicyclic) bond motifs is 1. The number of para-hydroxylation sites is 1. The summed E-state index contributed by atoms with van der Waals surface area (Å²) in [5.74, 6) is 0.417. The van der Waals surface area contributed by atoms with Gasteiger partial charge < -0.3 is 0 Å². The van der Waals surface area contributed by atoms with Gasteiger partial charge in [0.2, 0.25) is 4.77 Å². The molecule has 1 fully saturated rings. The summed E-state index contributed by atoms with van der Waals surface area (Å²) in [6, 6.07) is 11.4. The summed E-state index contributed by atoms with van der Waals surface area (Å²) < 4.78 is 1.84. The van der Waals surface area contributed by atoms with Crippen molar-refractivity contribution in [1.29, 1.82) is 0 Å². The minimum Gasteiger partial charge on any atom is -0.293 e. The maximum atomic E-state index is 13.4. The summed E-state index contributed by atoms with van der Waals surface area (Å²) >= 11 is 5.39. The van der Waals surface area contributed by atoms with Gasteiger partial charge in [0.05, 0.1) is 12.4 Å². The normalized spacial score (nSPS) is 18.2. The number of hydrogen-bond acceptors (Lipinski definition) is 6. The molecule has 0 spiro atoms. The molecule has 1 saturated heterocycles. The average molecular weight is 420 g/mol. The maximum Gasteiger partial charge on any atom is 0.280 e. The van der Waals surface area contributed by atoms with E-state index in [1.165, 1.54) is 23.9 Å². The first-order valence-electron chi connectivity index (χ1n) is 10.0. The summed E-state index contributed by atoms with van der Waals surface area (Å²) in [6.45, 7) is 2.59. The van der Waals surface area contributed by atoms with Gasteiger partial charge in [0, 0.05) is 23.5 Å². The molecule has 3 aromatic rings. The molecule has 30 heavy (non-hydrogen) atoms. The molecule has 0 atom stereocenters. The van der Waals surface area contributed by atoms with E-state index >= 15 is 0 Å². The molecule has 1 aromatic carbocycles. The van der Waals surface area contributed by atoms with Gasteiger partial charge >= 0.3 is 0 Å². The predicted molar refractivity (Wildman–Crippen MR) is 117 cm³/mol. The molecule has 0 bridgehead atoms. The van der Waals surface area contributed by atoms with E-state index in [1.807, 2.05) is 41.3 Å². The number of nitrogens with one attached hydrogen (secondary N) is 1. The topological polar surface area (TPSA) is 82.4 Å². The third kappa shape index (κ3) is 3.35. The summed E-state index contributed by atoms with van der Waals surface area (Å²) in [5, 5.41) is 11.7. The number of carbonyl (C=O) groups excluding carboxylic acids is 1. The third-order valence-corrected chi connectivity index (χ3v) is 5.74. The first kappa shape index (κ1) is 18.8. The quantitative estimate of drug-likeness (QED) is 0.658. The van der Waals surface area contributed by atoms with Crippen molar-refractivity contribution in [1.82, 2.24) is 24.8 Å². The number of aromatic nitrogens is 4. The molecule has 152 valence electrons. The monoisotopic (exact) mass is 419 g/mol. The zero-order valence-electron chi connectivity index (χ0n) is 16.4. The smallest absolute Gasteiger partial charge is 0.280 e. The molecule has 2 aliphatic heterocycles. The minimum absolute atomic E-state index is 0.120. The number of pyridine rings is 1. The number of piperidine rings is 1. The van der Waals surface area contributed by atoms with E-state index in [0.29, 0.717) is 23.0 Å². The molecule has 0 unspecified atom stereocenters. The minimum atomic E-state index is -0.120. The number of aromatic amines is 1. The fraction of sp³-hybridized carbons (Fsp3) is 0.286. The van der Waals surface area contributed by atoms with Crippen LogP contribution in [0.15, 0.2) is 53.9 Å². The second-order valence-electron chi connectivity index (χ2n) is 7.42. The second kappa shape index (κ2) is 7.92. The van der Waals surface area contributed by atoms with Gasteiger partial charge in [-0.05, 0) is 56.3 Å². The Balaban J connectivity index is 1.55. The molecular weight excluding hydrogens is 398 g/mol. The maximum absolute atomic E-state index is 13.4. The molecule has 8 nitrogen and oxygen atoms in total. The van der Waals surface area contributed by atoms with Crippen molar-refractivity contribution < 1.29 is 4.79 Å². The third-order valence-electron chi connectivity index (χ3n) is 5.48. The summed E-state index contributed by atoms with van der Waals surface area (Å²) in [7, 11) is 0. The van der Waals surface area contributed by atoms with Crippen molar-refractivity contribution in [2.45, 2.75) is 19.3 Å². The Labute approximate surface area is 178 Å². The van der Waals surface area contributed by atoms with Crippen molar-refractivity contribution in [2.24, 2.45) is 5.10 Å². The molecule has 9 heteroatoms. The number of benzene rings is 1. The Hall–Kier alpha value is -3.17. The van der Waals surface area contributed by atoms with Crippen LogP contribution >= 0.6 is 12.2 Å². The lowest BCUT2D eigenvalue weighted by Gasteiger charge is -2.30. The van der Waals surface area contributed by atoms with Crippen molar-refractivity contribution in [3.05, 3.63) is 59.1 Å². The molecule has 2 aromatic heterocycles. The lowest BCUT2D eigenvalue weighted by atomic mass is 10.1. The number of hydrogen-bond donors (Lipinski definition) is 1. The molecular formula is C21H21N7OS. The predicted octanol–water partition coefficient (Wildman–Crippen LogP) is 3.05. The van der Waals surface area contributed by atoms with Gasteiger partial charge in [-0.1, -0.05) is 24.6 Å². The van der Waals surface area contributed by atoms with E-state index in [2.05, 4.69) is 25.2 Å². The molecule has 0 saturated carbocycles. The Bertz CT molecular complexity index is 1160. The van der Waals surface area contributed by atoms with Crippen LogP contribution in [0.1, 0.15) is 24.8 Å². The zero-order valence-corrected chi connectivity index (χ0v) is 17.2. The number of anilines is 1. The number of H-pyrrole nitrogens is 1. The lowest BCUT2D eigenvalue weighted by molar-refractivity contribution is -0.112.